The number of nitro groups is 1. The predicted molar refractivity (Wildman–Crippen MR) is 69.1 cm³/mol. The molecule has 0 atom stereocenters. The van der Waals surface area contributed by atoms with Gasteiger partial charge in [0.25, 0.3) is 0 Å². The Hall–Kier alpha value is -2.87. The molecular formula is C14H10N2O3. The Bertz CT molecular complexity index is 675. The molecule has 0 spiro atoms. The van der Waals surface area contributed by atoms with Crippen LogP contribution in [0.1, 0.15) is 11.1 Å². The largest absolute Gasteiger partial charge is 0.450 e. The third kappa shape index (κ3) is 2.69. The monoisotopic (exact) mass is 254 g/mol. The van der Waals surface area contributed by atoms with Gasteiger partial charge in [-0.2, -0.15) is 5.26 Å². The van der Waals surface area contributed by atoms with Crippen LogP contribution in [-0.4, -0.2) is 4.92 Å². The van der Waals surface area contributed by atoms with Gasteiger partial charge in [0.05, 0.1) is 16.6 Å². The van der Waals surface area contributed by atoms with E-state index in [9.17, 15) is 10.1 Å². The van der Waals surface area contributed by atoms with Gasteiger partial charge in [0.1, 0.15) is 5.75 Å². The van der Waals surface area contributed by atoms with E-state index < -0.39 is 4.92 Å². The second kappa shape index (κ2) is 5.19. The molecule has 0 N–H and O–H groups in total. The van der Waals surface area contributed by atoms with Crippen molar-refractivity contribution in [3.05, 3.63) is 63.7 Å². The van der Waals surface area contributed by atoms with E-state index in [2.05, 4.69) is 0 Å². The van der Waals surface area contributed by atoms with Gasteiger partial charge in [0.2, 0.25) is 5.75 Å². The maximum atomic E-state index is 11.0. The summed E-state index contributed by atoms with van der Waals surface area (Å²) in [5.74, 6) is 0.596. The van der Waals surface area contributed by atoms with E-state index in [0.717, 1.165) is 0 Å². The third-order valence-electron chi connectivity index (χ3n) is 2.57. The number of ether oxygens (including phenoxy) is 1. The van der Waals surface area contributed by atoms with Crippen molar-refractivity contribution in [2.45, 2.75) is 6.92 Å². The highest BCUT2D eigenvalue weighted by atomic mass is 16.6. The minimum atomic E-state index is -0.490. The van der Waals surface area contributed by atoms with Crippen LogP contribution >= 0.6 is 0 Å². The molecule has 0 saturated carbocycles. The lowest BCUT2D eigenvalue weighted by Gasteiger charge is -2.08. The lowest BCUT2D eigenvalue weighted by Crippen LogP contribution is -1.95. The zero-order valence-corrected chi connectivity index (χ0v) is 10.2. The summed E-state index contributed by atoms with van der Waals surface area (Å²) in [4.78, 5) is 10.5. The Morgan fingerprint density at radius 1 is 1.26 bits per heavy atom. The number of hydrogen-bond donors (Lipinski definition) is 0. The van der Waals surface area contributed by atoms with Crippen LogP contribution in [-0.2, 0) is 0 Å². The molecule has 5 heteroatoms. The summed E-state index contributed by atoms with van der Waals surface area (Å²) in [6.45, 7) is 1.73. The molecule has 0 aliphatic carbocycles. The van der Waals surface area contributed by atoms with Gasteiger partial charge in [-0.15, -0.1) is 0 Å². The number of nitrogens with zero attached hydrogens (tertiary/aromatic N) is 2. The summed E-state index contributed by atoms with van der Waals surface area (Å²) in [5, 5.41) is 19.8. The van der Waals surface area contributed by atoms with E-state index in [1.165, 1.54) is 12.1 Å². The fraction of sp³-hybridized carbons (Fsp3) is 0.0714. The van der Waals surface area contributed by atoms with Crippen molar-refractivity contribution in [3.63, 3.8) is 0 Å². The summed E-state index contributed by atoms with van der Waals surface area (Å²) in [6, 6.07) is 13.2. The molecule has 5 nitrogen and oxygen atoms in total. The Morgan fingerprint density at radius 3 is 2.68 bits per heavy atom. The first-order valence-electron chi connectivity index (χ1n) is 5.54. The van der Waals surface area contributed by atoms with Crippen molar-refractivity contribution >= 4 is 5.69 Å². The highest BCUT2D eigenvalue weighted by Gasteiger charge is 2.17. The third-order valence-corrected chi connectivity index (χ3v) is 2.57. The first-order chi connectivity index (χ1) is 9.11. The zero-order valence-electron chi connectivity index (χ0n) is 10.2. The van der Waals surface area contributed by atoms with Crippen LogP contribution in [0.25, 0.3) is 0 Å². The molecule has 0 aromatic heterocycles. The summed E-state index contributed by atoms with van der Waals surface area (Å²) in [7, 11) is 0. The van der Waals surface area contributed by atoms with Crippen LogP contribution in [0.4, 0.5) is 5.69 Å². The number of aryl methyl sites for hydroxylation is 1. The molecule has 2 rings (SSSR count). The van der Waals surface area contributed by atoms with E-state index >= 15 is 0 Å². The highest BCUT2D eigenvalue weighted by Crippen LogP contribution is 2.34. The molecule has 2 aromatic carbocycles. The minimum absolute atomic E-state index is 0.0950. The lowest BCUT2D eigenvalue weighted by molar-refractivity contribution is -0.385. The van der Waals surface area contributed by atoms with E-state index in [4.69, 9.17) is 10.00 Å². The van der Waals surface area contributed by atoms with Gasteiger partial charge in [0, 0.05) is 6.07 Å². The molecule has 0 saturated heterocycles. The van der Waals surface area contributed by atoms with Crippen LogP contribution in [0.3, 0.4) is 0 Å². The summed E-state index contributed by atoms with van der Waals surface area (Å²) >= 11 is 0. The molecule has 0 unspecified atom stereocenters. The van der Waals surface area contributed by atoms with Crippen molar-refractivity contribution in [3.8, 4) is 17.6 Å². The molecular weight excluding hydrogens is 244 g/mol. The zero-order chi connectivity index (χ0) is 13.8. The predicted octanol–water partition coefficient (Wildman–Crippen LogP) is 3.57. The van der Waals surface area contributed by atoms with Gasteiger partial charge < -0.3 is 4.74 Å². The van der Waals surface area contributed by atoms with Crippen molar-refractivity contribution in [1.82, 2.24) is 0 Å². The molecule has 0 bridgehead atoms. The quantitative estimate of drug-likeness (QED) is 0.619. The summed E-state index contributed by atoms with van der Waals surface area (Å²) in [5.41, 5.74) is 1.01. The smallest absolute Gasteiger partial charge is 0.311 e. The lowest BCUT2D eigenvalue weighted by atomic mass is 10.2. The molecule has 94 valence electrons. The fourth-order valence-corrected chi connectivity index (χ4v) is 1.66. The van der Waals surface area contributed by atoms with Gasteiger partial charge in [-0.3, -0.25) is 10.1 Å². The maximum Gasteiger partial charge on any atom is 0.311 e. The number of para-hydroxylation sites is 1. The topological polar surface area (TPSA) is 76.2 Å². The van der Waals surface area contributed by atoms with Crippen LogP contribution in [0.2, 0.25) is 0 Å². The van der Waals surface area contributed by atoms with Gasteiger partial charge in [0.15, 0.2) is 0 Å². The number of benzene rings is 2. The van der Waals surface area contributed by atoms with Crippen molar-refractivity contribution in [2.24, 2.45) is 0 Å². The van der Waals surface area contributed by atoms with Gasteiger partial charge >= 0.3 is 5.69 Å². The standard InChI is InChI=1S/C14H10N2O3/c1-10-4-2-7-13(16(17)18)14(10)19-12-6-3-5-11(8-12)9-15/h2-8H,1H3. The highest BCUT2D eigenvalue weighted by molar-refractivity contribution is 5.53. The molecule has 2 aromatic rings. The average molecular weight is 254 g/mol. The molecule has 0 heterocycles. The first-order valence-corrected chi connectivity index (χ1v) is 5.54. The second-order valence-electron chi connectivity index (χ2n) is 3.92. The molecule has 0 amide bonds. The van der Waals surface area contributed by atoms with Gasteiger partial charge in [-0.1, -0.05) is 18.2 Å². The Morgan fingerprint density at radius 2 is 2.00 bits per heavy atom. The number of hydrogen-bond acceptors (Lipinski definition) is 4. The van der Waals surface area contributed by atoms with Crippen molar-refractivity contribution in [1.29, 1.82) is 5.26 Å². The Labute approximate surface area is 109 Å². The molecule has 0 radical (unpaired) electrons. The first kappa shape index (κ1) is 12.6. The van der Waals surface area contributed by atoms with Crippen LogP contribution in [0.15, 0.2) is 42.5 Å². The molecule has 0 fully saturated rings. The Balaban J connectivity index is 2.43. The van der Waals surface area contributed by atoms with Crippen LogP contribution in [0.5, 0.6) is 11.5 Å². The minimum Gasteiger partial charge on any atom is -0.450 e. The van der Waals surface area contributed by atoms with Gasteiger partial charge in [-0.25, -0.2) is 0 Å². The molecule has 0 aliphatic heterocycles. The SMILES string of the molecule is Cc1cccc([N+](=O)[O-])c1Oc1cccc(C#N)c1. The number of nitro benzene ring substituents is 1. The van der Waals surface area contributed by atoms with Crippen molar-refractivity contribution < 1.29 is 9.66 Å². The molecule has 19 heavy (non-hydrogen) atoms. The van der Waals surface area contributed by atoms with Crippen molar-refractivity contribution in [2.75, 3.05) is 0 Å². The van der Waals surface area contributed by atoms with Gasteiger partial charge in [-0.05, 0) is 30.7 Å². The average Bonchev–Trinajstić information content (AvgIpc) is 2.41. The van der Waals surface area contributed by atoms with Crippen LogP contribution in [0, 0.1) is 28.4 Å². The maximum absolute atomic E-state index is 11.0. The van der Waals surface area contributed by atoms with E-state index in [1.54, 1.807) is 37.3 Å². The molecule has 0 aliphatic rings. The summed E-state index contributed by atoms with van der Waals surface area (Å²) < 4.78 is 5.55. The van der Waals surface area contributed by atoms with E-state index in [0.29, 0.717) is 16.9 Å². The second-order valence-corrected chi connectivity index (χ2v) is 3.92. The fourth-order valence-electron chi connectivity index (χ4n) is 1.66. The van der Waals surface area contributed by atoms with E-state index in [1.807, 2.05) is 6.07 Å². The van der Waals surface area contributed by atoms with E-state index in [-0.39, 0.29) is 11.4 Å². The summed E-state index contributed by atoms with van der Waals surface area (Å²) in [6.07, 6.45) is 0. The normalized spacial score (nSPS) is 9.68. The Kier molecular flexibility index (Phi) is 3.44. The number of nitriles is 1. The van der Waals surface area contributed by atoms with Crippen LogP contribution < -0.4 is 4.74 Å². The number of rotatable bonds is 3.